The third-order valence-electron chi connectivity index (χ3n) is 2.00. The quantitative estimate of drug-likeness (QED) is 0.805. The van der Waals surface area contributed by atoms with Crippen LogP contribution in [0.2, 0.25) is 5.02 Å². The van der Waals surface area contributed by atoms with Crippen molar-refractivity contribution in [3.8, 4) is 0 Å². The maximum Gasteiger partial charge on any atom is 0.242 e. The highest BCUT2D eigenvalue weighted by Crippen LogP contribution is 2.20. The molecule has 1 rings (SSSR count). The van der Waals surface area contributed by atoms with E-state index >= 15 is 0 Å². The van der Waals surface area contributed by atoms with Gasteiger partial charge in [-0.1, -0.05) is 39.7 Å². The summed E-state index contributed by atoms with van der Waals surface area (Å²) in [6, 6.07) is 5.97. The van der Waals surface area contributed by atoms with Crippen LogP contribution >= 0.6 is 27.5 Å². The van der Waals surface area contributed by atoms with Gasteiger partial charge in [0, 0.05) is 12.4 Å². The monoisotopic (exact) mass is 341 g/mol. The maximum atomic E-state index is 12.0. The van der Waals surface area contributed by atoms with E-state index < -0.39 is 10.0 Å². The summed E-state index contributed by atoms with van der Waals surface area (Å²) in [6.45, 7) is 0.287. The molecule has 1 unspecified atom stereocenters. The summed E-state index contributed by atoms with van der Waals surface area (Å²) in [4.78, 5) is 0.0729. The fraction of sp³-hybridized carbons (Fsp3) is 0.400. The van der Waals surface area contributed by atoms with Gasteiger partial charge in [-0.3, -0.25) is 0 Å². The van der Waals surface area contributed by atoms with E-state index in [4.69, 9.17) is 16.3 Å². The first-order chi connectivity index (χ1) is 8.01. The molecule has 0 saturated carbocycles. The topological polar surface area (TPSA) is 55.4 Å². The van der Waals surface area contributed by atoms with Crippen molar-refractivity contribution < 1.29 is 13.2 Å². The molecule has 0 fully saturated rings. The van der Waals surface area contributed by atoms with E-state index in [1.807, 2.05) is 0 Å². The first kappa shape index (κ1) is 14.9. The molecule has 0 aliphatic heterocycles. The number of methoxy groups -OCH3 is 1. The van der Waals surface area contributed by atoms with Gasteiger partial charge in [0.25, 0.3) is 0 Å². The van der Waals surface area contributed by atoms with Crippen molar-refractivity contribution in [3.63, 3.8) is 0 Å². The third-order valence-corrected chi connectivity index (χ3v) is 4.80. The molecule has 0 bridgehead atoms. The summed E-state index contributed by atoms with van der Waals surface area (Å²) in [5.74, 6) is 0. The summed E-state index contributed by atoms with van der Waals surface area (Å²) >= 11 is 9.07. The second-order valence-corrected chi connectivity index (χ2v) is 6.10. The first-order valence-electron chi connectivity index (χ1n) is 4.83. The first-order valence-corrected chi connectivity index (χ1v) is 7.81. The molecule has 0 spiro atoms. The SMILES string of the molecule is COCC(CBr)NS(=O)(=O)c1ccccc1Cl. The molecule has 0 saturated heterocycles. The van der Waals surface area contributed by atoms with Crippen LogP contribution in [-0.4, -0.2) is 33.5 Å². The highest BCUT2D eigenvalue weighted by molar-refractivity contribution is 9.09. The van der Waals surface area contributed by atoms with Crippen LogP contribution in [0.1, 0.15) is 0 Å². The van der Waals surface area contributed by atoms with Crippen molar-refractivity contribution in [1.82, 2.24) is 4.72 Å². The van der Waals surface area contributed by atoms with Gasteiger partial charge < -0.3 is 4.74 Å². The van der Waals surface area contributed by atoms with E-state index in [0.29, 0.717) is 5.33 Å². The Morgan fingerprint density at radius 3 is 2.65 bits per heavy atom. The Hall–Kier alpha value is -0.140. The molecule has 4 nitrogen and oxygen atoms in total. The normalized spacial score (nSPS) is 13.6. The van der Waals surface area contributed by atoms with Gasteiger partial charge in [0.2, 0.25) is 10.0 Å². The molecule has 0 aliphatic carbocycles. The van der Waals surface area contributed by atoms with Gasteiger partial charge in [0.15, 0.2) is 0 Å². The minimum atomic E-state index is -3.62. The van der Waals surface area contributed by atoms with Gasteiger partial charge >= 0.3 is 0 Å². The Morgan fingerprint density at radius 1 is 1.47 bits per heavy atom. The summed E-state index contributed by atoms with van der Waals surface area (Å²) in [5, 5.41) is 0.663. The number of sulfonamides is 1. The number of hydrogen-bond donors (Lipinski definition) is 1. The van der Waals surface area contributed by atoms with Crippen LogP contribution in [0.3, 0.4) is 0 Å². The number of nitrogens with one attached hydrogen (secondary N) is 1. The predicted octanol–water partition coefficient (Wildman–Crippen LogP) is 2.03. The number of ether oxygens (including phenoxy) is 1. The van der Waals surface area contributed by atoms with E-state index in [0.717, 1.165) is 0 Å². The average Bonchev–Trinajstić information content (AvgIpc) is 2.28. The molecule has 1 aromatic rings. The number of hydrogen-bond acceptors (Lipinski definition) is 3. The Labute approximate surface area is 114 Å². The van der Waals surface area contributed by atoms with E-state index in [9.17, 15) is 8.42 Å². The van der Waals surface area contributed by atoms with Crippen LogP contribution in [0.15, 0.2) is 29.2 Å². The molecular weight excluding hydrogens is 330 g/mol. The standard InChI is InChI=1S/C10H13BrClNO3S/c1-16-7-8(6-11)13-17(14,15)10-5-3-2-4-9(10)12/h2-5,8,13H,6-7H2,1H3. The number of rotatable bonds is 6. The fourth-order valence-electron chi connectivity index (χ4n) is 1.26. The summed E-state index contributed by atoms with van der Waals surface area (Å²) in [7, 11) is -2.10. The van der Waals surface area contributed by atoms with Crippen molar-refractivity contribution in [2.24, 2.45) is 0 Å². The average molecular weight is 343 g/mol. The van der Waals surface area contributed by atoms with Gasteiger partial charge in [-0.2, -0.15) is 0 Å². The van der Waals surface area contributed by atoms with Gasteiger partial charge in [-0.15, -0.1) is 0 Å². The molecule has 1 atom stereocenters. The second kappa shape index (κ2) is 6.70. The zero-order chi connectivity index (χ0) is 12.9. The Morgan fingerprint density at radius 2 is 2.12 bits per heavy atom. The van der Waals surface area contributed by atoms with Crippen molar-refractivity contribution in [3.05, 3.63) is 29.3 Å². The fourth-order valence-corrected chi connectivity index (χ4v) is 3.56. The largest absolute Gasteiger partial charge is 0.383 e. The minimum absolute atomic E-state index is 0.0729. The maximum absolute atomic E-state index is 12.0. The number of benzene rings is 1. The van der Waals surface area contributed by atoms with Crippen LogP contribution in [0, 0.1) is 0 Å². The summed E-state index contributed by atoms with van der Waals surface area (Å²) in [5.41, 5.74) is 0. The van der Waals surface area contributed by atoms with Crippen molar-refractivity contribution in [2.45, 2.75) is 10.9 Å². The molecule has 0 radical (unpaired) electrons. The van der Waals surface area contributed by atoms with E-state index in [1.54, 1.807) is 12.1 Å². The Balaban J connectivity index is 2.92. The minimum Gasteiger partial charge on any atom is -0.383 e. The summed E-state index contributed by atoms with van der Waals surface area (Å²) < 4.78 is 31.5. The van der Waals surface area contributed by atoms with Crippen LogP contribution in [0.4, 0.5) is 0 Å². The molecule has 96 valence electrons. The van der Waals surface area contributed by atoms with Crippen molar-refractivity contribution in [2.75, 3.05) is 19.0 Å². The highest BCUT2D eigenvalue weighted by atomic mass is 79.9. The molecule has 7 heteroatoms. The van der Waals surface area contributed by atoms with Gasteiger partial charge in [-0.05, 0) is 12.1 Å². The predicted molar refractivity (Wildman–Crippen MR) is 71.2 cm³/mol. The molecule has 0 aliphatic rings. The van der Waals surface area contributed by atoms with Crippen LogP contribution < -0.4 is 4.72 Å². The zero-order valence-electron chi connectivity index (χ0n) is 9.19. The molecule has 17 heavy (non-hydrogen) atoms. The third kappa shape index (κ3) is 4.22. The smallest absolute Gasteiger partial charge is 0.242 e. The van der Waals surface area contributed by atoms with Crippen molar-refractivity contribution >= 4 is 37.6 Å². The molecule has 1 N–H and O–H groups in total. The number of alkyl halides is 1. The lowest BCUT2D eigenvalue weighted by atomic mass is 10.4. The van der Waals surface area contributed by atoms with Gasteiger partial charge in [0.1, 0.15) is 4.90 Å². The van der Waals surface area contributed by atoms with E-state index in [1.165, 1.54) is 19.2 Å². The molecule has 0 amide bonds. The summed E-state index contributed by atoms with van der Waals surface area (Å²) in [6.07, 6.45) is 0. The van der Waals surface area contributed by atoms with Gasteiger partial charge in [-0.25, -0.2) is 13.1 Å². The van der Waals surface area contributed by atoms with Gasteiger partial charge in [0.05, 0.1) is 17.7 Å². The molecule has 0 aromatic heterocycles. The lowest BCUT2D eigenvalue weighted by Crippen LogP contribution is -2.39. The molecule has 0 heterocycles. The van der Waals surface area contributed by atoms with Crippen LogP contribution in [-0.2, 0) is 14.8 Å². The second-order valence-electron chi connectivity index (χ2n) is 3.36. The van der Waals surface area contributed by atoms with Crippen LogP contribution in [0.25, 0.3) is 0 Å². The van der Waals surface area contributed by atoms with E-state index in [2.05, 4.69) is 20.7 Å². The molecular formula is C10H13BrClNO3S. The number of halogens is 2. The van der Waals surface area contributed by atoms with E-state index in [-0.39, 0.29) is 22.6 Å². The zero-order valence-corrected chi connectivity index (χ0v) is 12.3. The Bertz CT molecular complexity index is 466. The van der Waals surface area contributed by atoms with Crippen molar-refractivity contribution in [1.29, 1.82) is 0 Å². The lowest BCUT2D eigenvalue weighted by Gasteiger charge is -2.15. The lowest BCUT2D eigenvalue weighted by molar-refractivity contribution is 0.182. The van der Waals surface area contributed by atoms with Crippen LogP contribution in [0.5, 0.6) is 0 Å². The highest BCUT2D eigenvalue weighted by Gasteiger charge is 2.21. The molecule has 1 aromatic carbocycles. The Kier molecular flexibility index (Phi) is 5.88.